The van der Waals surface area contributed by atoms with Crippen LogP contribution in [0.15, 0.2) is 121 Å². The van der Waals surface area contributed by atoms with E-state index in [0.717, 1.165) is 23.1 Å². The molecular weight excluding hydrogens is 575 g/mol. The molecule has 0 bridgehead atoms. The number of fused-ring (bicyclic) bond motifs is 1. The maximum absolute atomic E-state index is 13.8. The molecule has 6 rings (SSSR count). The van der Waals surface area contributed by atoms with E-state index < -0.39 is 11.8 Å². The van der Waals surface area contributed by atoms with Crippen LogP contribution in [0.2, 0.25) is 0 Å². The first kappa shape index (κ1) is 28.9. The van der Waals surface area contributed by atoms with E-state index in [0.29, 0.717) is 51.9 Å². The van der Waals surface area contributed by atoms with Gasteiger partial charge in [0.2, 0.25) is 5.83 Å². The number of carboxylic acids is 1. The number of hydrogen-bond acceptors (Lipinski definition) is 7. The first-order valence-corrected chi connectivity index (χ1v) is 13.9. The second kappa shape index (κ2) is 13.0. The zero-order valence-corrected chi connectivity index (χ0v) is 24.1. The molecule has 6 aromatic rings. The number of aliphatic carboxylic acids is 1. The summed E-state index contributed by atoms with van der Waals surface area (Å²) in [6, 6.07) is 32.9. The van der Waals surface area contributed by atoms with Crippen molar-refractivity contribution in [2.24, 2.45) is 0 Å². The van der Waals surface area contributed by atoms with E-state index in [1.165, 1.54) is 0 Å². The van der Waals surface area contributed by atoms with Gasteiger partial charge >= 0.3 is 5.97 Å². The van der Waals surface area contributed by atoms with Crippen molar-refractivity contribution in [3.8, 4) is 28.7 Å². The first-order chi connectivity index (χ1) is 21.9. The van der Waals surface area contributed by atoms with Gasteiger partial charge in [-0.05, 0) is 77.9 Å². The topological polar surface area (TPSA) is 108 Å². The summed E-state index contributed by atoms with van der Waals surface area (Å²) in [4.78, 5) is 15.6. The summed E-state index contributed by atoms with van der Waals surface area (Å²) in [6.07, 6.45) is 2.61. The van der Waals surface area contributed by atoms with Crippen molar-refractivity contribution in [3.63, 3.8) is 0 Å². The average Bonchev–Trinajstić information content (AvgIpc) is 3.40. The van der Waals surface area contributed by atoms with E-state index in [1.54, 1.807) is 48.3 Å². The predicted molar refractivity (Wildman–Crippen MR) is 169 cm³/mol. The van der Waals surface area contributed by atoms with Gasteiger partial charge < -0.3 is 24.6 Å². The molecule has 10 heteroatoms. The number of anilines is 2. The largest absolute Gasteiger partial charge is 0.497 e. The number of para-hydroxylation sites is 1. The Kier molecular flexibility index (Phi) is 8.36. The van der Waals surface area contributed by atoms with Gasteiger partial charge in [-0.2, -0.15) is 9.49 Å². The molecule has 0 aliphatic carbocycles. The molecule has 0 saturated heterocycles. The highest BCUT2D eigenvalue weighted by Gasteiger charge is 2.18. The molecule has 0 atom stereocenters. The highest BCUT2D eigenvalue weighted by Crippen LogP contribution is 2.36. The van der Waals surface area contributed by atoms with E-state index >= 15 is 0 Å². The Morgan fingerprint density at radius 1 is 0.867 bits per heavy atom. The van der Waals surface area contributed by atoms with Crippen LogP contribution in [0.5, 0.6) is 28.7 Å². The fourth-order valence-corrected chi connectivity index (χ4v) is 4.63. The summed E-state index contributed by atoms with van der Waals surface area (Å²) in [7, 11) is 1.62. The van der Waals surface area contributed by atoms with Crippen molar-refractivity contribution in [1.29, 1.82) is 0 Å². The molecule has 0 aliphatic heterocycles. The molecular formula is C35H27FN4O5. The molecule has 2 N–H and O–H groups in total. The summed E-state index contributed by atoms with van der Waals surface area (Å²) < 4.78 is 33.1. The Morgan fingerprint density at radius 2 is 1.56 bits per heavy atom. The van der Waals surface area contributed by atoms with Crippen LogP contribution in [0.3, 0.4) is 0 Å². The lowest BCUT2D eigenvalue weighted by Gasteiger charge is -2.10. The SMILES string of the molecule is COc1ccc(Cn2nc(Nc3cccc(/C=C(\F)C(=O)O)c3)c3c(Oc4ccc(Oc5ccccc5)cc4)ccnc32)cc1. The lowest BCUT2D eigenvalue weighted by atomic mass is 10.1. The molecule has 224 valence electrons. The third-order valence-corrected chi connectivity index (χ3v) is 6.76. The van der Waals surface area contributed by atoms with Crippen LogP contribution in [-0.4, -0.2) is 33.0 Å². The van der Waals surface area contributed by atoms with E-state index in [9.17, 15) is 9.18 Å². The third-order valence-electron chi connectivity index (χ3n) is 6.76. The van der Waals surface area contributed by atoms with Crippen LogP contribution in [-0.2, 0) is 11.3 Å². The maximum atomic E-state index is 13.8. The summed E-state index contributed by atoms with van der Waals surface area (Å²) >= 11 is 0. The number of methoxy groups -OCH3 is 1. The maximum Gasteiger partial charge on any atom is 0.364 e. The number of rotatable bonds is 11. The lowest BCUT2D eigenvalue weighted by molar-refractivity contribution is -0.134. The van der Waals surface area contributed by atoms with Gasteiger partial charge in [0.05, 0.1) is 13.7 Å². The molecule has 4 aromatic carbocycles. The second-order valence-electron chi connectivity index (χ2n) is 9.90. The van der Waals surface area contributed by atoms with Crippen LogP contribution in [0.4, 0.5) is 15.9 Å². The molecule has 0 fully saturated rings. The van der Waals surface area contributed by atoms with Crippen LogP contribution in [0.1, 0.15) is 11.1 Å². The number of nitrogens with one attached hydrogen (secondary N) is 1. The molecule has 45 heavy (non-hydrogen) atoms. The number of ether oxygens (including phenoxy) is 3. The molecule has 0 spiro atoms. The van der Waals surface area contributed by atoms with Crippen LogP contribution in [0.25, 0.3) is 17.1 Å². The summed E-state index contributed by atoms with van der Waals surface area (Å²) in [5.74, 6) is 0.773. The zero-order valence-electron chi connectivity index (χ0n) is 24.1. The number of nitrogens with zero attached hydrogens (tertiary/aromatic N) is 3. The van der Waals surface area contributed by atoms with Gasteiger partial charge in [0.25, 0.3) is 0 Å². The van der Waals surface area contributed by atoms with Crippen LogP contribution < -0.4 is 19.5 Å². The number of carboxylic acid groups (broad SMARTS) is 1. The summed E-state index contributed by atoms with van der Waals surface area (Å²) in [5, 5.41) is 17.7. The summed E-state index contributed by atoms with van der Waals surface area (Å²) in [6.45, 7) is 0.413. The van der Waals surface area contributed by atoms with Gasteiger partial charge in [-0.3, -0.25) is 0 Å². The van der Waals surface area contributed by atoms with Crippen molar-refractivity contribution in [2.45, 2.75) is 6.54 Å². The van der Waals surface area contributed by atoms with E-state index in [1.807, 2.05) is 78.9 Å². The zero-order chi connectivity index (χ0) is 31.2. The molecule has 0 saturated carbocycles. The number of halogens is 1. The molecule has 2 heterocycles. The Morgan fingerprint density at radius 3 is 2.27 bits per heavy atom. The second-order valence-corrected chi connectivity index (χ2v) is 9.90. The molecule has 2 aromatic heterocycles. The molecule has 0 radical (unpaired) electrons. The normalized spacial score (nSPS) is 11.3. The van der Waals surface area contributed by atoms with Gasteiger partial charge in [-0.15, -0.1) is 0 Å². The number of carbonyl (C=O) groups is 1. The number of hydrogen-bond donors (Lipinski definition) is 2. The molecule has 9 nitrogen and oxygen atoms in total. The minimum Gasteiger partial charge on any atom is -0.497 e. The highest BCUT2D eigenvalue weighted by molar-refractivity contribution is 5.95. The van der Waals surface area contributed by atoms with Crippen molar-refractivity contribution in [2.75, 3.05) is 12.4 Å². The van der Waals surface area contributed by atoms with Crippen molar-refractivity contribution in [1.82, 2.24) is 14.8 Å². The first-order valence-electron chi connectivity index (χ1n) is 13.9. The number of pyridine rings is 1. The third kappa shape index (κ3) is 6.91. The summed E-state index contributed by atoms with van der Waals surface area (Å²) in [5.41, 5.74) is 2.48. The van der Waals surface area contributed by atoms with E-state index in [2.05, 4.69) is 10.3 Å². The molecule has 0 unspecified atom stereocenters. The number of benzene rings is 4. The van der Waals surface area contributed by atoms with Gasteiger partial charge in [0, 0.05) is 18.0 Å². The van der Waals surface area contributed by atoms with Gasteiger partial charge in [-0.1, -0.05) is 42.5 Å². The Hall–Kier alpha value is -6.16. The van der Waals surface area contributed by atoms with Gasteiger partial charge in [0.15, 0.2) is 11.5 Å². The van der Waals surface area contributed by atoms with E-state index in [-0.39, 0.29) is 0 Å². The standard InChI is InChI=1S/C35H27FN4O5/c1-43-26-12-10-23(11-13-26)22-40-34-32(33(39-40)38-25-7-5-6-24(20-25)21-30(36)35(41)42)31(18-19-37-34)45-29-16-14-28(15-17-29)44-27-8-3-2-4-9-27/h2-21H,22H2,1H3,(H,38,39)(H,41,42)/b30-21-. The van der Waals surface area contributed by atoms with Crippen molar-refractivity contribution < 1.29 is 28.5 Å². The highest BCUT2D eigenvalue weighted by atomic mass is 19.1. The Bertz CT molecular complexity index is 1970. The smallest absolute Gasteiger partial charge is 0.364 e. The van der Waals surface area contributed by atoms with Crippen LogP contribution in [0, 0.1) is 0 Å². The Balaban J connectivity index is 1.35. The fraction of sp³-hybridized carbons (Fsp3) is 0.0571. The monoisotopic (exact) mass is 602 g/mol. The van der Waals surface area contributed by atoms with E-state index in [4.69, 9.17) is 24.4 Å². The molecule has 0 aliphatic rings. The fourth-order valence-electron chi connectivity index (χ4n) is 4.63. The van der Waals surface area contributed by atoms with Gasteiger partial charge in [-0.25, -0.2) is 14.5 Å². The Labute approximate surface area is 257 Å². The number of aromatic nitrogens is 3. The lowest BCUT2D eigenvalue weighted by Crippen LogP contribution is -2.03. The predicted octanol–water partition coefficient (Wildman–Crippen LogP) is 8.21. The van der Waals surface area contributed by atoms with Gasteiger partial charge in [0.1, 0.15) is 34.1 Å². The van der Waals surface area contributed by atoms with Crippen LogP contribution >= 0.6 is 0 Å². The minimum absolute atomic E-state index is 0.370. The van der Waals surface area contributed by atoms with Crippen molar-refractivity contribution >= 4 is 34.6 Å². The van der Waals surface area contributed by atoms with Crippen molar-refractivity contribution in [3.05, 3.63) is 132 Å². The minimum atomic E-state index is -1.64. The average molecular weight is 603 g/mol. The quantitative estimate of drug-likeness (QED) is 0.143. The molecule has 0 amide bonds.